The molecule has 2 amide bonds. The van der Waals surface area contributed by atoms with E-state index in [1.54, 1.807) is 15.5 Å². The van der Waals surface area contributed by atoms with Crippen molar-refractivity contribution in [1.29, 1.82) is 0 Å². The number of likely N-dealkylation sites (tertiary alicyclic amines) is 1. The van der Waals surface area contributed by atoms with Crippen LogP contribution in [0, 0.1) is 11.8 Å². The minimum absolute atomic E-state index is 0.0336. The largest absolute Gasteiger partial charge is 0.458 e. The Morgan fingerprint density at radius 3 is 2.50 bits per heavy atom. The van der Waals surface area contributed by atoms with Crippen molar-refractivity contribution in [1.82, 2.24) is 9.47 Å². The summed E-state index contributed by atoms with van der Waals surface area (Å²) in [5, 5.41) is 3.91. The van der Waals surface area contributed by atoms with Gasteiger partial charge in [0.1, 0.15) is 23.9 Å². The van der Waals surface area contributed by atoms with Crippen LogP contribution >= 0.6 is 0 Å². The second-order valence-corrected chi connectivity index (χ2v) is 12.6. The van der Waals surface area contributed by atoms with Crippen molar-refractivity contribution in [3.05, 3.63) is 30.0 Å². The summed E-state index contributed by atoms with van der Waals surface area (Å²) in [5.41, 5.74) is 1.29. The van der Waals surface area contributed by atoms with Gasteiger partial charge >= 0.3 is 12.1 Å². The molecule has 40 heavy (non-hydrogen) atoms. The molecule has 3 atom stereocenters. The van der Waals surface area contributed by atoms with E-state index in [4.69, 9.17) is 14.2 Å². The highest BCUT2D eigenvalue weighted by Gasteiger charge is 2.46. The molecular formula is C31H43N3O6. The summed E-state index contributed by atoms with van der Waals surface area (Å²) in [4.78, 5) is 41.4. The second-order valence-electron chi connectivity index (χ2n) is 12.6. The minimum Gasteiger partial charge on any atom is -0.458 e. The average molecular weight is 554 g/mol. The first-order valence-corrected chi connectivity index (χ1v) is 14.8. The Morgan fingerprint density at radius 1 is 1.02 bits per heavy atom. The molecule has 9 nitrogen and oxygen atoms in total. The van der Waals surface area contributed by atoms with Gasteiger partial charge in [-0.25, -0.2) is 9.59 Å². The molecule has 1 aromatic heterocycles. The number of carbonyl (C=O) groups is 3. The van der Waals surface area contributed by atoms with Gasteiger partial charge in [-0.15, -0.1) is 0 Å². The van der Waals surface area contributed by atoms with Crippen molar-refractivity contribution in [2.24, 2.45) is 18.9 Å². The number of esters is 1. The fourth-order valence-corrected chi connectivity index (χ4v) is 6.59. The minimum atomic E-state index is -0.637. The van der Waals surface area contributed by atoms with Crippen LogP contribution in [0.25, 0.3) is 10.9 Å². The van der Waals surface area contributed by atoms with Crippen LogP contribution in [0.5, 0.6) is 0 Å². The lowest BCUT2D eigenvalue weighted by atomic mass is 9.76. The number of anilines is 1. The Hall–Kier alpha value is -3.07. The number of rotatable bonds is 6. The number of benzene rings is 1. The zero-order valence-corrected chi connectivity index (χ0v) is 24.2. The molecule has 0 radical (unpaired) electrons. The maximum Gasteiger partial charge on any atom is 0.410 e. The van der Waals surface area contributed by atoms with Crippen LogP contribution in [0.4, 0.5) is 10.5 Å². The normalized spacial score (nSPS) is 23.9. The van der Waals surface area contributed by atoms with E-state index in [0.717, 1.165) is 43.0 Å². The summed E-state index contributed by atoms with van der Waals surface area (Å²) in [6, 6.07) is 6.81. The molecule has 1 aliphatic carbocycles. The van der Waals surface area contributed by atoms with Crippen LogP contribution in [0.3, 0.4) is 0 Å². The van der Waals surface area contributed by atoms with Crippen molar-refractivity contribution in [3.8, 4) is 0 Å². The van der Waals surface area contributed by atoms with Gasteiger partial charge in [-0.05, 0) is 76.1 Å². The van der Waals surface area contributed by atoms with Gasteiger partial charge in [0.15, 0.2) is 0 Å². The molecule has 3 aliphatic rings. The molecular weight excluding hydrogens is 510 g/mol. The molecule has 1 saturated carbocycles. The SMILES string of the molecule is Cn1c(C(=O)OC[C@@H]2CCCO2)cc2cc(NC(=O)[C@@H]3[C@H](C4CCCCC4)CCN3C(=O)OC(C)(C)C)ccc21. The van der Waals surface area contributed by atoms with Crippen LogP contribution < -0.4 is 5.32 Å². The third-order valence-corrected chi connectivity index (χ3v) is 8.54. The lowest BCUT2D eigenvalue weighted by Gasteiger charge is -2.34. The van der Waals surface area contributed by atoms with E-state index in [1.165, 1.54) is 19.3 Å². The van der Waals surface area contributed by atoms with Crippen molar-refractivity contribution in [2.75, 3.05) is 25.1 Å². The number of fused-ring (bicyclic) bond motifs is 1. The van der Waals surface area contributed by atoms with E-state index in [2.05, 4.69) is 5.32 Å². The van der Waals surface area contributed by atoms with E-state index in [-0.39, 0.29) is 24.5 Å². The van der Waals surface area contributed by atoms with Gasteiger partial charge in [-0.2, -0.15) is 0 Å². The van der Waals surface area contributed by atoms with Gasteiger partial charge < -0.3 is 24.1 Å². The van der Waals surface area contributed by atoms with Crippen molar-refractivity contribution >= 4 is 34.6 Å². The third-order valence-electron chi connectivity index (χ3n) is 8.54. The van der Waals surface area contributed by atoms with Crippen molar-refractivity contribution < 1.29 is 28.6 Å². The zero-order valence-electron chi connectivity index (χ0n) is 24.2. The number of aromatic nitrogens is 1. The molecule has 2 saturated heterocycles. The number of ether oxygens (including phenoxy) is 3. The lowest BCUT2D eigenvalue weighted by molar-refractivity contribution is -0.122. The topological polar surface area (TPSA) is 99.1 Å². The molecule has 2 aromatic rings. The molecule has 1 aromatic carbocycles. The van der Waals surface area contributed by atoms with Crippen LogP contribution in [-0.2, 0) is 26.1 Å². The van der Waals surface area contributed by atoms with E-state index in [9.17, 15) is 14.4 Å². The molecule has 1 N–H and O–H groups in total. The fraction of sp³-hybridized carbons (Fsp3) is 0.645. The summed E-state index contributed by atoms with van der Waals surface area (Å²) in [6.07, 6.45) is 7.99. The Kier molecular flexibility index (Phi) is 8.40. The highest BCUT2D eigenvalue weighted by Crippen LogP contribution is 2.40. The first-order chi connectivity index (χ1) is 19.1. The Labute approximate surface area is 236 Å². The number of nitrogens with zero attached hydrogens (tertiary/aromatic N) is 2. The molecule has 9 heteroatoms. The van der Waals surface area contributed by atoms with E-state index in [0.29, 0.717) is 30.5 Å². The first kappa shape index (κ1) is 28.5. The maximum atomic E-state index is 13.8. The summed E-state index contributed by atoms with van der Waals surface area (Å²) in [7, 11) is 1.83. The molecule has 0 spiro atoms. The van der Waals surface area contributed by atoms with E-state index < -0.39 is 23.7 Å². The number of nitrogens with one attached hydrogen (secondary N) is 1. The van der Waals surface area contributed by atoms with E-state index in [1.807, 2.05) is 46.0 Å². The Balaban J connectivity index is 1.33. The van der Waals surface area contributed by atoms with Gasteiger partial charge in [-0.3, -0.25) is 9.69 Å². The van der Waals surface area contributed by atoms with Gasteiger partial charge in [0.2, 0.25) is 5.91 Å². The number of hydrogen-bond acceptors (Lipinski definition) is 6. The predicted octanol–water partition coefficient (Wildman–Crippen LogP) is 5.66. The first-order valence-electron chi connectivity index (χ1n) is 14.8. The number of hydrogen-bond donors (Lipinski definition) is 1. The molecule has 5 rings (SSSR count). The van der Waals surface area contributed by atoms with Crippen LogP contribution in [0.2, 0.25) is 0 Å². The summed E-state index contributed by atoms with van der Waals surface area (Å²) < 4.78 is 18.6. The van der Waals surface area contributed by atoms with Crippen LogP contribution in [-0.4, -0.2) is 64.9 Å². The second kappa shape index (κ2) is 11.8. The number of aryl methyl sites for hydroxylation is 1. The molecule has 2 aliphatic heterocycles. The van der Waals surface area contributed by atoms with Gasteiger partial charge in [0.25, 0.3) is 0 Å². The Bertz CT molecular complexity index is 1240. The monoisotopic (exact) mass is 553 g/mol. The smallest absolute Gasteiger partial charge is 0.410 e. The van der Waals surface area contributed by atoms with Crippen molar-refractivity contribution in [2.45, 2.75) is 89.9 Å². The quantitative estimate of drug-likeness (QED) is 0.464. The zero-order chi connectivity index (χ0) is 28.4. The van der Waals surface area contributed by atoms with Crippen LogP contribution in [0.1, 0.15) is 82.6 Å². The Morgan fingerprint density at radius 2 is 1.80 bits per heavy atom. The molecule has 3 fully saturated rings. The maximum absolute atomic E-state index is 13.8. The molecule has 0 bridgehead atoms. The highest BCUT2D eigenvalue weighted by molar-refractivity contribution is 6.00. The molecule has 0 unspecified atom stereocenters. The van der Waals surface area contributed by atoms with Crippen LogP contribution in [0.15, 0.2) is 24.3 Å². The van der Waals surface area contributed by atoms with E-state index >= 15 is 0 Å². The summed E-state index contributed by atoms with van der Waals surface area (Å²) in [5.74, 6) is -0.0466. The molecule has 3 heterocycles. The number of carbonyl (C=O) groups excluding carboxylic acids is 3. The van der Waals surface area contributed by atoms with Gasteiger partial charge in [0, 0.05) is 36.8 Å². The van der Waals surface area contributed by atoms with Crippen molar-refractivity contribution in [3.63, 3.8) is 0 Å². The standard InChI is InChI=1S/C31H43N3O6/c1-31(2,3)40-30(37)34-15-14-24(20-9-6-5-7-10-20)27(34)28(35)32-22-12-13-25-21(17-22)18-26(33(25)4)29(36)39-19-23-11-8-16-38-23/h12-13,17-18,20,23-24,27H,5-11,14-16,19H2,1-4H3,(H,32,35)/t23-,24-,27-/m0/s1. The van der Waals surface area contributed by atoms with Gasteiger partial charge in [-0.1, -0.05) is 32.1 Å². The molecule has 218 valence electrons. The number of amides is 2. The summed E-state index contributed by atoms with van der Waals surface area (Å²) >= 11 is 0. The third kappa shape index (κ3) is 6.29. The summed E-state index contributed by atoms with van der Waals surface area (Å²) in [6.45, 7) is 7.01. The average Bonchev–Trinajstić information content (AvgIpc) is 3.66. The fourth-order valence-electron chi connectivity index (χ4n) is 6.59. The highest BCUT2D eigenvalue weighted by atomic mass is 16.6. The predicted molar refractivity (Wildman–Crippen MR) is 152 cm³/mol. The lowest BCUT2D eigenvalue weighted by Crippen LogP contribution is -2.49. The van der Waals surface area contributed by atoms with Gasteiger partial charge in [0.05, 0.1) is 6.10 Å².